The summed E-state index contributed by atoms with van der Waals surface area (Å²) in [6.45, 7) is 5.41. The van der Waals surface area contributed by atoms with Crippen LogP contribution in [-0.2, 0) is 12.0 Å². The number of rotatable bonds is 4. The molecule has 1 atom stereocenters. The molecule has 0 heterocycles. The van der Waals surface area contributed by atoms with Crippen LogP contribution in [0.4, 0.5) is 0 Å². The number of hydrogen-bond donors (Lipinski definition) is 2. The summed E-state index contributed by atoms with van der Waals surface area (Å²) in [6, 6.07) is 23.8. The quantitative estimate of drug-likeness (QED) is 0.433. The maximum absolute atomic E-state index is 6.55. The van der Waals surface area contributed by atoms with Crippen molar-refractivity contribution < 1.29 is 0 Å². The molecule has 3 N–H and O–H groups in total. The molecule has 160 valence electrons. The molecule has 1 unspecified atom stereocenters. The highest BCUT2D eigenvalue weighted by atomic mass is 79.9. The first-order valence-corrected chi connectivity index (χ1v) is 11.8. The maximum atomic E-state index is 6.55. The predicted octanol–water partition coefficient (Wildman–Crippen LogP) is 6.71. The predicted molar refractivity (Wildman–Crippen MR) is 138 cm³/mol. The molecular weight excluding hydrogens is 456 g/mol. The van der Waals surface area contributed by atoms with E-state index in [1.807, 2.05) is 18.2 Å². The minimum absolute atomic E-state index is 0.0132. The molecule has 2 aliphatic carbocycles. The second-order valence-corrected chi connectivity index (χ2v) is 9.95. The summed E-state index contributed by atoms with van der Waals surface area (Å²) in [6.07, 6.45) is 8.42. The van der Waals surface area contributed by atoms with Gasteiger partial charge in [0.2, 0.25) is 0 Å². The van der Waals surface area contributed by atoms with Crippen molar-refractivity contribution in [3.63, 3.8) is 0 Å². The Morgan fingerprint density at radius 1 is 0.938 bits per heavy atom. The van der Waals surface area contributed by atoms with Crippen LogP contribution in [0.1, 0.15) is 36.1 Å². The first kappa shape index (κ1) is 21.0. The number of nitrogens with one attached hydrogen (secondary N) is 1. The second-order valence-electron chi connectivity index (χ2n) is 9.03. The lowest BCUT2D eigenvalue weighted by Crippen LogP contribution is -2.30. The maximum Gasteiger partial charge on any atom is 0.0532 e. The fraction of sp³-hybridized carbons (Fsp3) is 0.172. The number of benzene rings is 3. The Morgan fingerprint density at radius 3 is 2.44 bits per heavy atom. The molecule has 0 aliphatic heterocycles. The van der Waals surface area contributed by atoms with Gasteiger partial charge in [-0.25, -0.2) is 0 Å². The molecule has 2 nitrogen and oxygen atoms in total. The lowest BCUT2D eigenvalue weighted by atomic mass is 9.82. The van der Waals surface area contributed by atoms with Crippen LogP contribution in [0.25, 0.3) is 16.8 Å². The molecule has 2 aliphatic rings. The molecule has 32 heavy (non-hydrogen) atoms. The van der Waals surface area contributed by atoms with Crippen LogP contribution in [0.2, 0.25) is 0 Å². The van der Waals surface area contributed by atoms with Crippen molar-refractivity contribution >= 4 is 21.6 Å². The topological polar surface area (TPSA) is 38.0 Å². The smallest absolute Gasteiger partial charge is 0.0532 e. The Morgan fingerprint density at radius 2 is 1.66 bits per heavy atom. The average molecular weight is 483 g/mol. The first-order valence-electron chi connectivity index (χ1n) is 11.0. The van der Waals surface area contributed by atoms with E-state index in [0.29, 0.717) is 0 Å². The van der Waals surface area contributed by atoms with Crippen LogP contribution in [0, 0.1) is 0 Å². The van der Waals surface area contributed by atoms with E-state index in [0.717, 1.165) is 27.9 Å². The fourth-order valence-electron chi connectivity index (χ4n) is 4.86. The summed E-state index contributed by atoms with van der Waals surface area (Å²) in [7, 11) is 0. The lowest BCUT2D eigenvalue weighted by molar-refractivity contribution is 0.644. The Balaban J connectivity index is 1.41. The van der Waals surface area contributed by atoms with Crippen LogP contribution in [-0.4, -0.2) is 6.04 Å². The van der Waals surface area contributed by atoms with E-state index in [-0.39, 0.29) is 11.5 Å². The molecule has 0 bridgehead atoms. The van der Waals surface area contributed by atoms with Gasteiger partial charge in [0.1, 0.15) is 0 Å². The minimum atomic E-state index is -0.0132. The third kappa shape index (κ3) is 3.66. The largest absolute Gasteiger partial charge is 0.398 e. The van der Waals surface area contributed by atoms with Crippen molar-refractivity contribution in [3.8, 4) is 11.1 Å². The van der Waals surface area contributed by atoms with E-state index in [9.17, 15) is 0 Å². The van der Waals surface area contributed by atoms with Gasteiger partial charge in [-0.1, -0.05) is 109 Å². The Kier molecular flexibility index (Phi) is 5.40. The molecule has 3 aromatic rings. The molecule has 0 amide bonds. The normalized spacial score (nSPS) is 19.5. The third-order valence-electron chi connectivity index (χ3n) is 6.65. The number of hydrogen-bond acceptors (Lipinski definition) is 2. The van der Waals surface area contributed by atoms with Crippen LogP contribution < -0.4 is 11.1 Å². The fourth-order valence-corrected chi connectivity index (χ4v) is 5.22. The molecule has 0 aromatic heterocycles. The van der Waals surface area contributed by atoms with Crippen molar-refractivity contribution in [2.24, 2.45) is 5.73 Å². The van der Waals surface area contributed by atoms with Gasteiger partial charge in [0, 0.05) is 22.1 Å². The molecule has 0 saturated carbocycles. The highest BCUT2D eigenvalue weighted by molar-refractivity contribution is 9.10. The Labute approximate surface area is 198 Å². The molecule has 0 fully saturated rings. The molecule has 0 saturated heterocycles. The number of allylic oxidation sites excluding steroid dienone is 2. The number of halogens is 1. The van der Waals surface area contributed by atoms with Crippen molar-refractivity contribution in [2.75, 3.05) is 0 Å². The van der Waals surface area contributed by atoms with Crippen LogP contribution in [0.3, 0.4) is 0 Å². The SMILES string of the molecule is CC1(C)c2cc(Br)ccc2-c2ccc(CNC3C=CC=C/C3=C(/N)c3ccccc3)cc21. The molecule has 5 rings (SSSR count). The molecule has 3 heteroatoms. The second kappa shape index (κ2) is 8.23. The van der Waals surface area contributed by atoms with Gasteiger partial charge in [-0.3, -0.25) is 0 Å². The monoisotopic (exact) mass is 482 g/mol. The standard InChI is InChI=1S/C29H27BrN2/c1-29(2)25-16-19(12-14-22(25)23-15-13-21(30)17-26(23)29)18-32-27-11-7-6-10-24(27)28(31)20-8-4-3-5-9-20/h3-17,27,32H,18,31H2,1-2H3/b28-24-. The zero-order chi connectivity index (χ0) is 22.3. The number of fused-ring (bicyclic) bond motifs is 3. The van der Waals surface area contributed by atoms with Crippen LogP contribution in [0.15, 0.2) is 101 Å². The van der Waals surface area contributed by atoms with Crippen molar-refractivity contribution in [2.45, 2.75) is 31.8 Å². The Hall–Kier alpha value is -2.88. The van der Waals surface area contributed by atoms with Crippen molar-refractivity contribution in [1.29, 1.82) is 0 Å². The van der Waals surface area contributed by atoms with Crippen LogP contribution >= 0.6 is 15.9 Å². The van der Waals surface area contributed by atoms with Crippen molar-refractivity contribution in [3.05, 3.63) is 123 Å². The molecule has 0 radical (unpaired) electrons. The molecule has 0 spiro atoms. The minimum Gasteiger partial charge on any atom is -0.398 e. The van der Waals surface area contributed by atoms with Gasteiger partial charge in [-0.2, -0.15) is 0 Å². The summed E-state index contributed by atoms with van der Waals surface area (Å²) in [5, 5.41) is 3.70. The van der Waals surface area contributed by atoms with Crippen molar-refractivity contribution in [1.82, 2.24) is 5.32 Å². The van der Waals surface area contributed by atoms with E-state index in [2.05, 4.69) is 108 Å². The third-order valence-corrected chi connectivity index (χ3v) is 7.14. The van der Waals surface area contributed by atoms with Gasteiger partial charge in [0.05, 0.1) is 6.04 Å². The lowest BCUT2D eigenvalue weighted by Gasteiger charge is -2.23. The van der Waals surface area contributed by atoms with E-state index in [4.69, 9.17) is 5.73 Å². The van der Waals surface area contributed by atoms with E-state index < -0.39 is 0 Å². The summed E-state index contributed by atoms with van der Waals surface area (Å²) in [4.78, 5) is 0. The van der Waals surface area contributed by atoms with Crippen LogP contribution in [0.5, 0.6) is 0 Å². The molecule has 3 aromatic carbocycles. The average Bonchev–Trinajstić information content (AvgIpc) is 3.04. The zero-order valence-corrected chi connectivity index (χ0v) is 20.0. The van der Waals surface area contributed by atoms with E-state index >= 15 is 0 Å². The van der Waals surface area contributed by atoms with Gasteiger partial charge < -0.3 is 11.1 Å². The summed E-state index contributed by atoms with van der Waals surface area (Å²) in [5.41, 5.74) is 16.3. The molecular formula is C29H27BrN2. The van der Waals surface area contributed by atoms with E-state index in [1.165, 1.54) is 27.8 Å². The van der Waals surface area contributed by atoms with Gasteiger partial charge >= 0.3 is 0 Å². The highest BCUT2D eigenvalue weighted by Gasteiger charge is 2.35. The highest BCUT2D eigenvalue weighted by Crippen LogP contribution is 2.49. The summed E-state index contributed by atoms with van der Waals surface area (Å²) < 4.78 is 1.13. The summed E-state index contributed by atoms with van der Waals surface area (Å²) in [5.74, 6) is 0. The van der Waals surface area contributed by atoms with Gasteiger partial charge in [0.15, 0.2) is 0 Å². The number of nitrogens with two attached hydrogens (primary N) is 1. The van der Waals surface area contributed by atoms with Gasteiger partial charge in [0.25, 0.3) is 0 Å². The Bertz CT molecular complexity index is 1270. The van der Waals surface area contributed by atoms with Gasteiger partial charge in [-0.15, -0.1) is 0 Å². The summed E-state index contributed by atoms with van der Waals surface area (Å²) >= 11 is 3.64. The zero-order valence-electron chi connectivity index (χ0n) is 18.4. The first-order chi connectivity index (χ1) is 15.4. The van der Waals surface area contributed by atoms with E-state index in [1.54, 1.807) is 0 Å². The van der Waals surface area contributed by atoms with Gasteiger partial charge in [-0.05, 0) is 51.1 Å².